The zero-order valence-electron chi connectivity index (χ0n) is 12.7. The number of hydrogen-bond acceptors (Lipinski definition) is 4. The van der Waals surface area contributed by atoms with Gasteiger partial charge in [-0.25, -0.2) is 0 Å². The van der Waals surface area contributed by atoms with E-state index in [1.165, 1.54) is 0 Å². The van der Waals surface area contributed by atoms with Crippen LogP contribution in [0.25, 0.3) is 0 Å². The number of amides is 2. The summed E-state index contributed by atoms with van der Waals surface area (Å²) in [7, 11) is 0. The molecule has 0 radical (unpaired) electrons. The average Bonchev–Trinajstić information content (AvgIpc) is 2.61. The third kappa shape index (κ3) is 3.85. The lowest BCUT2D eigenvalue weighted by Crippen LogP contribution is -2.47. The summed E-state index contributed by atoms with van der Waals surface area (Å²) in [5.74, 6) is -0.0749. The monoisotopic (exact) mass is 310 g/mol. The molecule has 1 fully saturated rings. The number of piperazine rings is 1. The van der Waals surface area contributed by atoms with E-state index in [0.29, 0.717) is 25.2 Å². The van der Waals surface area contributed by atoms with Crippen molar-refractivity contribution in [3.8, 4) is 0 Å². The van der Waals surface area contributed by atoms with Gasteiger partial charge in [-0.3, -0.25) is 14.6 Å². The summed E-state index contributed by atoms with van der Waals surface area (Å²) >= 11 is 0. The van der Waals surface area contributed by atoms with E-state index < -0.39 is 0 Å². The lowest BCUT2D eigenvalue weighted by atomic mass is 10.1. The maximum Gasteiger partial charge on any atom is 0.251 e. The second-order valence-electron chi connectivity index (χ2n) is 5.36. The highest BCUT2D eigenvalue weighted by Gasteiger charge is 2.16. The molecule has 2 amide bonds. The lowest BCUT2D eigenvalue weighted by molar-refractivity contribution is -0.120. The van der Waals surface area contributed by atoms with Crippen molar-refractivity contribution in [1.82, 2.24) is 15.6 Å². The molecule has 6 heteroatoms. The molecule has 0 aliphatic carbocycles. The Hall–Kier alpha value is -2.89. The van der Waals surface area contributed by atoms with Gasteiger partial charge in [-0.15, -0.1) is 0 Å². The maximum atomic E-state index is 12.0. The highest BCUT2D eigenvalue weighted by atomic mass is 16.2. The summed E-state index contributed by atoms with van der Waals surface area (Å²) in [5, 5.41) is 5.69. The van der Waals surface area contributed by atoms with E-state index in [0.717, 1.165) is 17.8 Å². The molecule has 2 N–H and O–H groups in total. The molecule has 0 saturated carbocycles. The fourth-order valence-corrected chi connectivity index (χ4v) is 2.47. The molecule has 3 rings (SSSR count). The van der Waals surface area contributed by atoms with Crippen molar-refractivity contribution in [1.29, 1.82) is 0 Å². The van der Waals surface area contributed by atoms with Crippen LogP contribution in [0.1, 0.15) is 15.9 Å². The van der Waals surface area contributed by atoms with Gasteiger partial charge in [-0.1, -0.05) is 12.1 Å². The minimum atomic E-state index is -0.121. The Balaban J connectivity index is 1.57. The number of carbonyl (C=O) groups is 2. The van der Waals surface area contributed by atoms with Crippen LogP contribution in [0.4, 0.5) is 5.69 Å². The number of benzene rings is 1. The van der Waals surface area contributed by atoms with Crippen LogP contribution in [0.5, 0.6) is 0 Å². The van der Waals surface area contributed by atoms with E-state index in [9.17, 15) is 9.59 Å². The van der Waals surface area contributed by atoms with Crippen molar-refractivity contribution in [2.45, 2.75) is 6.54 Å². The average molecular weight is 310 g/mol. The predicted octanol–water partition coefficient (Wildman–Crippen LogP) is 0.948. The third-order valence-electron chi connectivity index (χ3n) is 3.74. The van der Waals surface area contributed by atoms with Gasteiger partial charge in [-0.05, 0) is 29.8 Å². The third-order valence-corrected chi connectivity index (χ3v) is 3.74. The number of carbonyl (C=O) groups excluding carboxylic acids is 2. The number of aromatic nitrogens is 1. The summed E-state index contributed by atoms with van der Waals surface area (Å²) in [4.78, 5) is 29.3. The van der Waals surface area contributed by atoms with Crippen molar-refractivity contribution >= 4 is 17.5 Å². The van der Waals surface area contributed by atoms with Gasteiger partial charge >= 0.3 is 0 Å². The zero-order chi connectivity index (χ0) is 16.1. The van der Waals surface area contributed by atoms with Crippen LogP contribution in [-0.2, 0) is 11.3 Å². The Labute approximate surface area is 134 Å². The van der Waals surface area contributed by atoms with E-state index in [4.69, 9.17) is 0 Å². The van der Waals surface area contributed by atoms with Gasteiger partial charge < -0.3 is 15.5 Å². The summed E-state index contributed by atoms with van der Waals surface area (Å²) in [6.07, 6.45) is 3.19. The molecule has 0 atom stereocenters. The fraction of sp³-hybridized carbons (Fsp3) is 0.235. The topological polar surface area (TPSA) is 74.3 Å². The second kappa shape index (κ2) is 6.91. The number of nitrogens with zero attached hydrogens (tertiary/aromatic N) is 2. The Kier molecular flexibility index (Phi) is 4.52. The zero-order valence-corrected chi connectivity index (χ0v) is 12.7. The minimum Gasteiger partial charge on any atom is -0.360 e. The summed E-state index contributed by atoms with van der Waals surface area (Å²) in [6.45, 7) is 2.33. The first kappa shape index (κ1) is 15.0. The molecule has 6 nitrogen and oxygen atoms in total. The van der Waals surface area contributed by atoms with Crippen molar-refractivity contribution in [3.05, 3.63) is 59.9 Å². The largest absolute Gasteiger partial charge is 0.360 e. The SMILES string of the molecule is O=C1CN(c2ccc(CNC(=O)c3ccncc3)cc2)CCN1. The molecule has 1 aromatic heterocycles. The van der Waals surface area contributed by atoms with Gasteiger partial charge in [0, 0.05) is 43.3 Å². The first-order valence-corrected chi connectivity index (χ1v) is 7.51. The number of nitrogens with one attached hydrogen (secondary N) is 2. The molecule has 0 bridgehead atoms. The van der Waals surface area contributed by atoms with E-state index in [1.807, 2.05) is 29.2 Å². The molecule has 1 aliphatic rings. The molecule has 1 saturated heterocycles. The van der Waals surface area contributed by atoms with Crippen molar-refractivity contribution in [2.24, 2.45) is 0 Å². The van der Waals surface area contributed by atoms with E-state index in [-0.39, 0.29) is 11.8 Å². The highest BCUT2D eigenvalue weighted by Crippen LogP contribution is 2.16. The van der Waals surface area contributed by atoms with Crippen LogP contribution in [-0.4, -0.2) is 36.4 Å². The van der Waals surface area contributed by atoms with Gasteiger partial charge in [0.25, 0.3) is 5.91 Å². The first-order chi connectivity index (χ1) is 11.2. The normalized spacial score (nSPS) is 14.3. The number of hydrogen-bond donors (Lipinski definition) is 2. The molecule has 0 spiro atoms. The van der Waals surface area contributed by atoms with Crippen molar-refractivity contribution < 1.29 is 9.59 Å². The Morgan fingerprint density at radius 2 is 1.91 bits per heavy atom. The van der Waals surface area contributed by atoms with E-state index in [2.05, 4.69) is 15.6 Å². The summed E-state index contributed by atoms with van der Waals surface area (Å²) < 4.78 is 0. The van der Waals surface area contributed by atoms with Gasteiger partial charge in [0.2, 0.25) is 5.91 Å². The minimum absolute atomic E-state index is 0.0462. The van der Waals surface area contributed by atoms with E-state index in [1.54, 1.807) is 24.5 Å². The Morgan fingerprint density at radius 3 is 2.61 bits per heavy atom. The van der Waals surface area contributed by atoms with Crippen LogP contribution in [0.3, 0.4) is 0 Å². The van der Waals surface area contributed by atoms with Crippen LogP contribution in [0.2, 0.25) is 0 Å². The maximum absolute atomic E-state index is 12.0. The smallest absolute Gasteiger partial charge is 0.251 e. The molecule has 23 heavy (non-hydrogen) atoms. The van der Waals surface area contributed by atoms with Crippen LogP contribution >= 0.6 is 0 Å². The molecule has 1 aliphatic heterocycles. The summed E-state index contributed by atoms with van der Waals surface area (Å²) in [5.41, 5.74) is 2.62. The van der Waals surface area contributed by atoms with Gasteiger partial charge in [0.05, 0.1) is 6.54 Å². The molecular weight excluding hydrogens is 292 g/mol. The predicted molar refractivity (Wildman–Crippen MR) is 87.1 cm³/mol. The number of pyridine rings is 1. The molecule has 2 heterocycles. The number of rotatable bonds is 4. The van der Waals surface area contributed by atoms with Crippen LogP contribution in [0.15, 0.2) is 48.8 Å². The van der Waals surface area contributed by atoms with Crippen molar-refractivity contribution in [3.63, 3.8) is 0 Å². The number of anilines is 1. The fourth-order valence-electron chi connectivity index (χ4n) is 2.47. The second-order valence-corrected chi connectivity index (χ2v) is 5.36. The standard InChI is InChI=1S/C17H18N4O2/c22-16-12-21(10-9-19-16)15-3-1-13(2-4-15)11-20-17(23)14-5-7-18-8-6-14/h1-8H,9-12H2,(H,19,22)(H,20,23). The molecular formula is C17H18N4O2. The molecule has 118 valence electrons. The molecule has 1 aromatic carbocycles. The van der Waals surface area contributed by atoms with Crippen LogP contribution < -0.4 is 15.5 Å². The van der Waals surface area contributed by atoms with Crippen molar-refractivity contribution in [2.75, 3.05) is 24.5 Å². The summed E-state index contributed by atoms with van der Waals surface area (Å²) in [6, 6.07) is 11.3. The van der Waals surface area contributed by atoms with Crippen LogP contribution in [0, 0.1) is 0 Å². The van der Waals surface area contributed by atoms with Gasteiger partial charge in [0.1, 0.15) is 0 Å². The van der Waals surface area contributed by atoms with Gasteiger partial charge in [-0.2, -0.15) is 0 Å². The Morgan fingerprint density at radius 1 is 1.17 bits per heavy atom. The molecule has 0 unspecified atom stereocenters. The lowest BCUT2D eigenvalue weighted by Gasteiger charge is -2.28. The highest BCUT2D eigenvalue weighted by molar-refractivity contribution is 5.93. The van der Waals surface area contributed by atoms with E-state index >= 15 is 0 Å². The molecule has 2 aromatic rings. The van der Waals surface area contributed by atoms with Gasteiger partial charge in [0.15, 0.2) is 0 Å². The first-order valence-electron chi connectivity index (χ1n) is 7.51. The quantitative estimate of drug-likeness (QED) is 0.882. The Bertz CT molecular complexity index is 685.